The van der Waals surface area contributed by atoms with Gasteiger partial charge in [0.2, 0.25) is 11.9 Å². The molecule has 0 atom stereocenters. The Kier molecular flexibility index (Phi) is 4.51. The van der Waals surface area contributed by atoms with Gasteiger partial charge in [0, 0.05) is 38.6 Å². The third-order valence-corrected chi connectivity index (χ3v) is 4.87. The number of hydrogen-bond acceptors (Lipinski definition) is 7. The van der Waals surface area contributed by atoms with Gasteiger partial charge in [0.05, 0.1) is 5.75 Å². The molecule has 0 radical (unpaired) electrons. The number of piperazine rings is 1. The number of nitrogens with zero attached hydrogens (tertiary/aromatic N) is 5. The number of anilines is 1. The number of carbonyl (C=O) groups is 1. The van der Waals surface area contributed by atoms with Crippen LogP contribution in [0.4, 0.5) is 5.95 Å². The second kappa shape index (κ2) is 7.10. The topological polar surface area (TPSA) is 75.4 Å². The highest BCUT2D eigenvalue weighted by molar-refractivity contribution is 7.99. The number of thioether (sulfide) groups is 1. The monoisotopic (exact) mass is 355 g/mol. The van der Waals surface area contributed by atoms with Crippen LogP contribution in [0.2, 0.25) is 0 Å². The molecule has 0 spiro atoms. The minimum absolute atomic E-state index is 0.0980. The zero-order chi connectivity index (χ0) is 17.1. The molecule has 1 saturated heterocycles. The van der Waals surface area contributed by atoms with Gasteiger partial charge in [-0.3, -0.25) is 4.79 Å². The first kappa shape index (κ1) is 15.9. The summed E-state index contributed by atoms with van der Waals surface area (Å²) in [4.78, 5) is 29.3. The molecule has 1 amide bonds. The summed E-state index contributed by atoms with van der Waals surface area (Å²) in [5.41, 5.74) is 1.56. The van der Waals surface area contributed by atoms with Gasteiger partial charge in [-0.1, -0.05) is 23.9 Å². The van der Waals surface area contributed by atoms with Crippen LogP contribution in [-0.2, 0) is 4.79 Å². The van der Waals surface area contributed by atoms with Gasteiger partial charge in [-0.15, -0.1) is 0 Å². The van der Waals surface area contributed by atoms with Crippen LogP contribution in [0.25, 0.3) is 11.1 Å². The lowest BCUT2D eigenvalue weighted by atomic mass is 10.3. The van der Waals surface area contributed by atoms with Gasteiger partial charge < -0.3 is 14.2 Å². The molecule has 0 N–H and O–H groups in total. The fourth-order valence-corrected chi connectivity index (χ4v) is 3.48. The predicted molar refractivity (Wildman–Crippen MR) is 95.6 cm³/mol. The van der Waals surface area contributed by atoms with E-state index in [0.717, 1.165) is 30.1 Å². The molecule has 1 fully saturated rings. The molecule has 7 nitrogen and oxygen atoms in total. The summed E-state index contributed by atoms with van der Waals surface area (Å²) in [5, 5.41) is 0.533. The molecule has 1 aliphatic rings. The summed E-state index contributed by atoms with van der Waals surface area (Å²) in [6.07, 6.45) is 3.47. The lowest BCUT2D eigenvalue weighted by molar-refractivity contribution is -0.128. The van der Waals surface area contributed by atoms with E-state index < -0.39 is 0 Å². The van der Waals surface area contributed by atoms with Crippen molar-refractivity contribution >= 4 is 34.7 Å². The fraction of sp³-hybridized carbons (Fsp3) is 0.294. The summed E-state index contributed by atoms with van der Waals surface area (Å²) < 4.78 is 5.64. The Morgan fingerprint density at radius 2 is 1.84 bits per heavy atom. The smallest absolute Gasteiger partial charge is 0.257 e. The number of oxazole rings is 1. The molecule has 1 aromatic carbocycles. The van der Waals surface area contributed by atoms with Crippen LogP contribution >= 0.6 is 11.8 Å². The molecule has 0 unspecified atom stereocenters. The van der Waals surface area contributed by atoms with E-state index in [1.807, 2.05) is 29.2 Å². The summed E-state index contributed by atoms with van der Waals surface area (Å²) in [7, 11) is 0. The van der Waals surface area contributed by atoms with Crippen molar-refractivity contribution in [2.45, 2.75) is 5.22 Å². The maximum atomic E-state index is 12.4. The standard InChI is InChI=1S/C17H17N5O2S/c23-15(12-25-17-20-13-4-1-2-5-14(13)24-17)21-8-10-22(11-9-21)16-18-6-3-7-19-16/h1-7H,8-12H2. The van der Waals surface area contributed by atoms with Gasteiger partial charge in [0.15, 0.2) is 5.58 Å². The van der Waals surface area contributed by atoms with Gasteiger partial charge in [0.25, 0.3) is 5.22 Å². The third-order valence-electron chi connectivity index (χ3n) is 4.06. The second-order valence-corrected chi connectivity index (χ2v) is 6.58. The molecule has 3 aromatic rings. The van der Waals surface area contributed by atoms with Crippen molar-refractivity contribution in [3.05, 3.63) is 42.7 Å². The SMILES string of the molecule is O=C(CSc1nc2ccccc2o1)N1CCN(c2ncccn2)CC1. The normalized spacial score (nSPS) is 14.9. The zero-order valence-corrected chi connectivity index (χ0v) is 14.4. The van der Waals surface area contributed by atoms with Crippen molar-refractivity contribution in [3.8, 4) is 0 Å². The summed E-state index contributed by atoms with van der Waals surface area (Å²) >= 11 is 1.34. The minimum Gasteiger partial charge on any atom is -0.431 e. The number of aromatic nitrogens is 3. The Labute approximate surface area is 149 Å². The van der Waals surface area contributed by atoms with Crippen molar-refractivity contribution in [2.75, 3.05) is 36.8 Å². The largest absolute Gasteiger partial charge is 0.431 e. The number of benzene rings is 1. The van der Waals surface area contributed by atoms with Crippen LogP contribution in [0, 0.1) is 0 Å². The van der Waals surface area contributed by atoms with Crippen molar-refractivity contribution in [3.63, 3.8) is 0 Å². The first-order valence-corrected chi connectivity index (χ1v) is 9.06. The molecule has 1 aliphatic heterocycles. The lowest BCUT2D eigenvalue weighted by Gasteiger charge is -2.34. The molecule has 0 bridgehead atoms. The van der Waals surface area contributed by atoms with E-state index in [1.165, 1.54) is 11.8 Å². The van der Waals surface area contributed by atoms with Gasteiger partial charge in [0.1, 0.15) is 5.52 Å². The van der Waals surface area contributed by atoms with Crippen LogP contribution in [-0.4, -0.2) is 57.7 Å². The highest BCUT2D eigenvalue weighted by atomic mass is 32.2. The van der Waals surface area contributed by atoms with E-state index in [0.29, 0.717) is 24.1 Å². The van der Waals surface area contributed by atoms with Crippen LogP contribution in [0.15, 0.2) is 52.4 Å². The molecule has 128 valence electrons. The van der Waals surface area contributed by atoms with E-state index >= 15 is 0 Å². The van der Waals surface area contributed by atoms with Gasteiger partial charge in [-0.05, 0) is 18.2 Å². The maximum absolute atomic E-state index is 12.4. The van der Waals surface area contributed by atoms with E-state index in [2.05, 4.69) is 19.9 Å². The van der Waals surface area contributed by atoms with Crippen molar-refractivity contribution in [1.82, 2.24) is 19.9 Å². The minimum atomic E-state index is 0.0980. The van der Waals surface area contributed by atoms with Crippen molar-refractivity contribution in [1.29, 1.82) is 0 Å². The molecule has 4 rings (SSSR count). The molecule has 8 heteroatoms. The van der Waals surface area contributed by atoms with E-state index in [1.54, 1.807) is 18.5 Å². The third kappa shape index (κ3) is 3.58. The summed E-state index contributed by atoms with van der Waals surface area (Å²) in [6, 6.07) is 9.39. The predicted octanol–water partition coefficient (Wildman–Crippen LogP) is 2.06. The molecule has 3 heterocycles. The van der Waals surface area contributed by atoms with Crippen LogP contribution < -0.4 is 4.90 Å². The molecular formula is C17H17N5O2S. The van der Waals surface area contributed by atoms with Gasteiger partial charge >= 0.3 is 0 Å². The van der Waals surface area contributed by atoms with E-state index in [-0.39, 0.29) is 5.91 Å². The highest BCUT2D eigenvalue weighted by Crippen LogP contribution is 2.23. The van der Waals surface area contributed by atoms with Gasteiger partial charge in [-0.25, -0.2) is 15.0 Å². The quantitative estimate of drug-likeness (QED) is 0.663. The zero-order valence-electron chi connectivity index (χ0n) is 13.5. The number of hydrogen-bond donors (Lipinski definition) is 0. The van der Waals surface area contributed by atoms with Gasteiger partial charge in [-0.2, -0.15) is 0 Å². The van der Waals surface area contributed by atoms with E-state index in [9.17, 15) is 4.79 Å². The van der Waals surface area contributed by atoms with Crippen molar-refractivity contribution < 1.29 is 9.21 Å². The van der Waals surface area contributed by atoms with Crippen LogP contribution in [0.5, 0.6) is 0 Å². The highest BCUT2D eigenvalue weighted by Gasteiger charge is 2.22. The van der Waals surface area contributed by atoms with Crippen LogP contribution in [0.3, 0.4) is 0 Å². The van der Waals surface area contributed by atoms with Crippen LogP contribution in [0.1, 0.15) is 0 Å². The Hall–Kier alpha value is -2.61. The fourth-order valence-electron chi connectivity index (χ4n) is 2.74. The number of rotatable bonds is 4. The molecular weight excluding hydrogens is 338 g/mol. The lowest BCUT2D eigenvalue weighted by Crippen LogP contribution is -2.49. The Morgan fingerprint density at radius 1 is 1.08 bits per heavy atom. The molecule has 25 heavy (non-hydrogen) atoms. The second-order valence-electron chi connectivity index (χ2n) is 5.65. The first-order chi connectivity index (χ1) is 12.3. The number of carbonyl (C=O) groups excluding carboxylic acids is 1. The van der Waals surface area contributed by atoms with E-state index in [4.69, 9.17) is 4.42 Å². The summed E-state index contributed by atoms with van der Waals surface area (Å²) in [5.74, 6) is 1.14. The summed E-state index contributed by atoms with van der Waals surface area (Å²) in [6.45, 7) is 2.82. The Balaban J connectivity index is 1.30. The first-order valence-electron chi connectivity index (χ1n) is 8.08. The maximum Gasteiger partial charge on any atom is 0.257 e. The molecule has 0 saturated carbocycles. The average Bonchev–Trinajstić information content (AvgIpc) is 3.10. The van der Waals surface area contributed by atoms with Crippen molar-refractivity contribution in [2.24, 2.45) is 0 Å². The number of amides is 1. The molecule has 2 aromatic heterocycles. The number of para-hydroxylation sites is 2. The average molecular weight is 355 g/mol. The number of fused-ring (bicyclic) bond motifs is 1. The molecule has 0 aliphatic carbocycles. The Morgan fingerprint density at radius 3 is 2.60 bits per heavy atom. The Bertz CT molecular complexity index is 829.